The van der Waals surface area contributed by atoms with Crippen molar-refractivity contribution in [3.8, 4) is 0 Å². The first-order valence-electron chi connectivity index (χ1n) is 7.70. The van der Waals surface area contributed by atoms with Crippen LogP contribution >= 0.6 is 0 Å². The van der Waals surface area contributed by atoms with Crippen LogP contribution in [-0.2, 0) is 0 Å². The van der Waals surface area contributed by atoms with Crippen molar-refractivity contribution < 1.29 is 4.79 Å². The minimum absolute atomic E-state index is 0.257. The molecule has 0 N–H and O–H groups in total. The highest BCUT2D eigenvalue weighted by Crippen LogP contribution is 2.29. The van der Waals surface area contributed by atoms with E-state index in [1.54, 1.807) is 0 Å². The van der Waals surface area contributed by atoms with Gasteiger partial charge < -0.3 is 0 Å². The molecule has 2 nitrogen and oxygen atoms in total. The van der Waals surface area contributed by atoms with Crippen molar-refractivity contribution in [1.82, 2.24) is 4.90 Å². The van der Waals surface area contributed by atoms with Gasteiger partial charge in [0.15, 0.2) is 5.78 Å². The van der Waals surface area contributed by atoms with E-state index in [1.807, 2.05) is 18.2 Å². The zero-order valence-corrected chi connectivity index (χ0v) is 13.3. The number of ketones is 1. The van der Waals surface area contributed by atoms with Gasteiger partial charge in [0, 0.05) is 5.56 Å². The third-order valence-electron chi connectivity index (χ3n) is 4.63. The van der Waals surface area contributed by atoms with Crippen LogP contribution in [0.25, 0.3) is 0 Å². The number of carbonyl (C=O) groups excluding carboxylic acids is 1. The molecule has 1 heterocycles. The van der Waals surface area contributed by atoms with Gasteiger partial charge in [-0.3, -0.25) is 9.69 Å². The number of nitrogens with zero attached hydrogens (tertiary/aromatic N) is 1. The Hall–Kier alpha value is -1.15. The summed E-state index contributed by atoms with van der Waals surface area (Å²) in [5.41, 5.74) is 3.74. The molecular weight excluding hydrogens is 246 g/mol. The third kappa shape index (κ3) is 3.92. The van der Waals surface area contributed by atoms with Crippen LogP contribution in [0.1, 0.15) is 54.6 Å². The van der Waals surface area contributed by atoms with E-state index in [2.05, 4.69) is 32.6 Å². The van der Waals surface area contributed by atoms with Crippen LogP contribution < -0.4 is 0 Å². The summed E-state index contributed by atoms with van der Waals surface area (Å²) in [6, 6.07) is 6.04. The quantitative estimate of drug-likeness (QED) is 0.776. The predicted molar refractivity (Wildman–Crippen MR) is 84.3 cm³/mol. The average Bonchev–Trinajstić information content (AvgIpc) is 2.54. The van der Waals surface area contributed by atoms with Gasteiger partial charge in [0.05, 0.1) is 6.54 Å². The molecule has 1 saturated heterocycles. The summed E-state index contributed by atoms with van der Waals surface area (Å²) in [5, 5.41) is 0. The number of likely N-dealkylation sites (tertiary alicyclic amines) is 1. The Labute approximate surface area is 123 Å². The second-order valence-electron chi connectivity index (χ2n) is 7.02. The van der Waals surface area contributed by atoms with Crippen LogP contribution in [0, 0.1) is 19.3 Å². The van der Waals surface area contributed by atoms with Gasteiger partial charge >= 0.3 is 0 Å². The maximum Gasteiger partial charge on any atom is 0.176 e. The van der Waals surface area contributed by atoms with Crippen LogP contribution in [0.4, 0.5) is 0 Å². The summed E-state index contributed by atoms with van der Waals surface area (Å²) < 4.78 is 0. The number of rotatable bonds is 3. The summed E-state index contributed by atoms with van der Waals surface area (Å²) in [5.74, 6) is 0.257. The third-order valence-corrected chi connectivity index (χ3v) is 4.63. The number of hydrogen-bond acceptors (Lipinski definition) is 2. The molecule has 1 aliphatic heterocycles. The fourth-order valence-corrected chi connectivity index (χ4v) is 2.85. The highest BCUT2D eigenvalue weighted by molar-refractivity contribution is 5.97. The lowest BCUT2D eigenvalue weighted by Gasteiger charge is -2.23. The van der Waals surface area contributed by atoms with Gasteiger partial charge in [-0.15, -0.1) is 0 Å². The molecule has 1 aromatic rings. The summed E-state index contributed by atoms with van der Waals surface area (Å²) in [6.45, 7) is 11.5. The molecule has 0 unspecified atom stereocenters. The highest BCUT2D eigenvalue weighted by Gasteiger charge is 2.24. The van der Waals surface area contributed by atoms with E-state index >= 15 is 0 Å². The Morgan fingerprint density at radius 2 is 1.90 bits per heavy atom. The van der Waals surface area contributed by atoms with Gasteiger partial charge in [-0.05, 0) is 68.8 Å². The number of Topliss-reactive ketones (excluding diaryl/α,β-unsaturated/α-hetero) is 1. The lowest BCUT2D eigenvalue weighted by molar-refractivity contribution is 0.0930. The Bertz CT molecular complexity index is 490. The topological polar surface area (TPSA) is 20.3 Å². The normalized spacial score (nSPS) is 19.6. The molecule has 0 atom stereocenters. The molecule has 0 radical (unpaired) electrons. The average molecular weight is 273 g/mol. The molecule has 0 bridgehead atoms. The standard InChI is InChI=1S/C18H27NO/c1-14-6-7-16(12-15(14)2)17(20)13-19-10-5-8-18(3,4)9-11-19/h6-7,12H,5,8-11,13H2,1-4H3. The zero-order valence-electron chi connectivity index (χ0n) is 13.3. The van der Waals surface area contributed by atoms with E-state index < -0.39 is 0 Å². The molecule has 0 spiro atoms. The van der Waals surface area contributed by atoms with E-state index in [1.165, 1.54) is 30.4 Å². The van der Waals surface area contributed by atoms with Gasteiger partial charge in [-0.2, -0.15) is 0 Å². The van der Waals surface area contributed by atoms with Crippen LogP contribution in [0.2, 0.25) is 0 Å². The summed E-state index contributed by atoms with van der Waals surface area (Å²) in [6.07, 6.45) is 3.65. The first kappa shape index (κ1) is 15.2. The molecule has 110 valence electrons. The van der Waals surface area contributed by atoms with Gasteiger partial charge in [-0.25, -0.2) is 0 Å². The van der Waals surface area contributed by atoms with Crippen LogP contribution in [0.15, 0.2) is 18.2 Å². The molecule has 1 fully saturated rings. The Morgan fingerprint density at radius 3 is 2.60 bits per heavy atom. The molecular formula is C18H27NO. The number of benzene rings is 1. The molecule has 1 aliphatic rings. The van der Waals surface area contributed by atoms with E-state index in [0.29, 0.717) is 12.0 Å². The van der Waals surface area contributed by atoms with Crippen LogP contribution in [0.3, 0.4) is 0 Å². The van der Waals surface area contributed by atoms with Crippen molar-refractivity contribution in [2.75, 3.05) is 19.6 Å². The van der Waals surface area contributed by atoms with E-state index in [9.17, 15) is 4.79 Å². The van der Waals surface area contributed by atoms with Gasteiger partial charge in [0.2, 0.25) is 0 Å². The van der Waals surface area contributed by atoms with E-state index in [0.717, 1.165) is 18.7 Å². The molecule has 0 aliphatic carbocycles. The Kier molecular flexibility index (Phi) is 4.64. The van der Waals surface area contributed by atoms with Crippen molar-refractivity contribution in [2.24, 2.45) is 5.41 Å². The van der Waals surface area contributed by atoms with Crippen LogP contribution in [-0.4, -0.2) is 30.3 Å². The predicted octanol–water partition coefficient (Wildman–Crippen LogP) is 4.00. The maximum absolute atomic E-state index is 12.4. The molecule has 1 aromatic carbocycles. The Morgan fingerprint density at radius 1 is 1.15 bits per heavy atom. The molecule has 0 saturated carbocycles. The second-order valence-corrected chi connectivity index (χ2v) is 7.02. The highest BCUT2D eigenvalue weighted by atomic mass is 16.1. The van der Waals surface area contributed by atoms with Crippen molar-refractivity contribution in [3.63, 3.8) is 0 Å². The maximum atomic E-state index is 12.4. The second kappa shape index (κ2) is 6.09. The minimum atomic E-state index is 0.257. The van der Waals surface area contributed by atoms with Gasteiger partial charge in [0.1, 0.15) is 0 Å². The smallest absolute Gasteiger partial charge is 0.176 e. The molecule has 2 rings (SSSR count). The molecule has 0 amide bonds. The number of aryl methyl sites for hydroxylation is 2. The van der Waals surface area contributed by atoms with Gasteiger partial charge in [-0.1, -0.05) is 26.0 Å². The van der Waals surface area contributed by atoms with Crippen molar-refractivity contribution in [3.05, 3.63) is 34.9 Å². The monoisotopic (exact) mass is 273 g/mol. The first-order valence-corrected chi connectivity index (χ1v) is 7.70. The largest absolute Gasteiger partial charge is 0.296 e. The lowest BCUT2D eigenvalue weighted by Crippen LogP contribution is -2.31. The van der Waals surface area contributed by atoms with Crippen molar-refractivity contribution >= 4 is 5.78 Å². The SMILES string of the molecule is Cc1ccc(C(=O)CN2CCCC(C)(C)CC2)cc1C. The number of carbonyl (C=O) groups is 1. The van der Waals surface area contributed by atoms with Crippen LogP contribution in [0.5, 0.6) is 0 Å². The first-order chi connectivity index (χ1) is 9.37. The van der Waals surface area contributed by atoms with Gasteiger partial charge in [0.25, 0.3) is 0 Å². The molecule has 0 aromatic heterocycles. The minimum Gasteiger partial charge on any atom is -0.296 e. The van der Waals surface area contributed by atoms with Crippen molar-refractivity contribution in [1.29, 1.82) is 0 Å². The molecule has 2 heteroatoms. The number of hydrogen-bond donors (Lipinski definition) is 0. The fraction of sp³-hybridized carbons (Fsp3) is 0.611. The molecule has 20 heavy (non-hydrogen) atoms. The van der Waals surface area contributed by atoms with E-state index in [-0.39, 0.29) is 5.78 Å². The van der Waals surface area contributed by atoms with Crippen molar-refractivity contribution in [2.45, 2.75) is 47.0 Å². The summed E-state index contributed by atoms with van der Waals surface area (Å²) >= 11 is 0. The fourth-order valence-electron chi connectivity index (χ4n) is 2.85. The summed E-state index contributed by atoms with van der Waals surface area (Å²) in [4.78, 5) is 14.7. The Balaban J connectivity index is 1.99. The van der Waals surface area contributed by atoms with E-state index in [4.69, 9.17) is 0 Å². The zero-order chi connectivity index (χ0) is 14.8. The lowest BCUT2D eigenvalue weighted by atomic mass is 9.85. The summed E-state index contributed by atoms with van der Waals surface area (Å²) in [7, 11) is 0.